The first-order valence-corrected chi connectivity index (χ1v) is 18.5. The zero-order valence-corrected chi connectivity index (χ0v) is 28.3. The fraction of sp³-hybridized carbons (Fsp3) is 0.868. The van der Waals surface area contributed by atoms with Crippen LogP contribution in [0.1, 0.15) is 194 Å². The molecule has 0 saturated carbocycles. The molecular weight excluding hydrogens is 518 g/mol. The van der Waals surface area contributed by atoms with E-state index in [0.29, 0.717) is 12.8 Å². The van der Waals surface area contributed by atoms with E-state index in [4.69, 9.17) is 0 Å². The standard InChI is InChI=1S/C38H73NO3/c1-3-5-7-9-11-13-15-16-17-18-19-20-21-22-24-26-28-30-32-34-38(42)39-36(35-40)37(41)33-31-29-27-25-23-14-12-10-8-6-4-2/h11,13,16-17,36-37,40-41H,3-10,12,14-15,18-35H2,1-2H3,(H,39,42)/b13-11-,17-16-. The lowest BCUT2D eigenvalue weighted by molar-refractivity contribution is -0.123. The first-order valence-electron chi connectivity index (χ1n) is 18.5. The largest absolute Gasteiger partial charge is 0.394 e. The Hall–Kier alpha value is -1.13. The quantitative estimate of drug-likeness (QED) is 0.0525. The Morgan fingerprint density at radius 1 is 0.571 bits per heavy atom. The van der Waals surface area contributed by atoms with Crippen LogP contribution < -0.4 is 5.32 Å². The molecule has 0 aliphatic heterocycles. The van der Waals surface area contributed by atoms with Gasteiger partial charge >= 0.3 is 0 Å². The molecule has 0 radical (unpaired) electrons. The summed E-state index contributed by atoms with van der Waals surface area (Å²) in [6.07, 6.45) is 42.3. The molecular formula is C38H73NO3. The third-order valence-corrected chi connectivity index (χ3v) is 8.47. The van der Waals surface area contributed by atoms with Crippen LogP contribution in [0.2, 0.25) is 0 Å². The lowest BCUT2D eigenvalue weighted by Crippen LogP contribution is -2.45. The van der Waals surface area contributed by atoms with Crippen LogP contribution in [0.4, 0.5) is 0 Å². The second-order valence-corrected chi connectivity index (χ2v) is 12.6. The van der Waals surface area contributed by atoms with Crippen molar-refractivity contribution < 1.29 is 15.0 Å². The summed E-state index contributed by atoms with van der Waals surface area (Å²) in [6, 6.07) is -0.534. The van der Waals surface area contributed by atoms with Crippen molar-refractivity contribution in [3.05, 3.63) is 24.3 Å². The van der Waals surface area contributed by atoms with Crippen molar-refractivity contribution in [1.29, 1.82) is 0 Å². The molecule has 0 aromatic carbocycles. The minimum absolute atomic E-state index is 0.0379. The molecule has 248 valence electrons. The summed E-state index contributed by atoms with van der Waals surface area (Å²) < 4.78 is 0. The maximum atomic E-state index is 12.3. The van der Waals surface area contributed by atoms with Crippen LogP contribution in [0.25, 0.3) is 0 Å². The predicted molar refractivity (Wildman–Crippen MR) is 184 cm³/mol. The number of hydrogen-bond donors (Lipinski definition) is 3. The van der Waals surface area contributed by atoms with Crippen LogP contribution in [0, 0.1) is 0 Å². The van der Waals surface area contributed by atoms with Crippen LogP contribution in [-0.2, 0) is 4.79 Å². The molecule has 3 N–H and O–H groups in total. The SMILES string of the molecule is CCCCC/C=C\C/C=C\CCCCCCCCCCCC(=O)NC(CO)C(O)CCCCCCCCCCCCC. The van der Waals surface area contributed by atoms with Crippen molar-refractivity contribution >= 4 is 5.91 Å². The number of nitrogens with one attached hydrogen (secondary N) is 1. The minimum Gasteiger partial charge on any atom is -0.394 e. The van der Waals surface area contributed by atoms with E-state index in [-0.39, 0.29) is 12.5 Å². The maximum Gasteiger partial charge on any atom is 0.220 e. The highest BCUT2D eigenvalue weighted by Gasteiger charge is 2.19. The summed E-state index contributed by atoms with van der Waals surface area (Å²) in [5.74, 6) is -0.0379. The Kier molecular flexibility index (Phi) is 33.4. The van der Waals surface area contributed by atoms with Crippen molar-refractivity contribution in [3.8, 4) is 0 Å². The van der Waals surface area contributed by atoms with Gasteiger partial charge in [0, 0.05) is 6.42 Å². The Bertz CT molecular complexity index is 603. The lowest BCUT2D eigenvalue weighted by Gasteiger charge is -2.22. The van der Waals surface area contributed by atoms with Crippen molar-refractivity contribution in [2.75, 3.05) is 6.61 Å². The van der Waals surface area contributed by atoms with E-state index in [2.05, 4.69) is 43.5 Å². The minimum atomic E-state index is -0.657. The van der Waals surface area contributed by atoms with E-state index in [1.54, 1.807) is 0 Å². The van der Waals surface area contributed by atoms with Gasteiger partial charge in [-0.05, 0) is 44.9 Å². The number of amides is 1. The number of allylic oxidation sites excluding steroid dienone is 4. The van der Waals surface area contributed by atoms with Crippen LogP contribution in [0.15, 0.2) is 24.3 Å². The molecule has 0 aliphatic rings. The number of unbranched alkanes of at least 4 members (excludes halogenated alkanes) is 22. The molecule has 0 fully saturated rings. The highest BCUT2D eigenvalue weighted by Crippen LogP contribution is 2.14. The fourth-order valence-corrected chi connectivity index (χ4v) is 5.57. The smallest absolute Gasteiger partial charge is 0.220 e. The number of carbonyl (C=O) groups excluding carboxylic acids is 1. The zero-order chi connectivity index (χ0) is 30.8. The second kappa shape index (κ2) is 34.4. The summed E-state index contributed by atoms with van der Waals surface area (Å²) in [5.41, 5.74) is 0. The molecule has 2 unspecified atom stereocenters. The van der Waals surface area contributed by atoms with Crippen LogP contribution in [0.5, 0.6) is 0 Å². The number of aliphatic hydroxyl groups excluding tert-OH is 2. The summed E-state index contributed by atoms with van der Waals surface area (Å²) in [5, 5.41) is 23.0. The molecule has 0 aromatic rings. The van der Waals surface area contributed by atoms with Gasteiger partial charge in [0.15, 0.2) is 0 Å². The fourth-order valence-electron chi connectivity index (χ4n) is 5.57. The third kappa shape index (κ3) is 30.3. The predicted octanol–water partition coefficient (Wildman–Crippen LogP) is 10.9. The molecule has 0 aliphatic carbocycles. The van der Waals surface area contributed by atoms with Crippen LogP contribution in [-0.4, -0.2) is 34.9 Å². The number of hydrogen-bond acceptors (Lipinski definition) is 3. The van der Waals surface area contributed by atoms with Crippen molar-refractivity contribution in [2.24, 2.45) is 0 Å². The van der Waals surface area contributed by atoms with Crippen molar-refractivity contribution in [1.82, 2.24) is 5.32 Å². The lowest BCUT2D eigenvalue weighted by atomic mass is 10.0. The van der Waals surface area contributed by atoms with Gasteiger partial charge in [-0.3, -0.25) is 4.79 Å². The van der Waals surface area contributed by atoms with Crippen molar-refractivity contribution in [3.63, 3.8) is 0 Å². The topological polar surface area (TPSA) is 69.6 Å². The van der Waals surface area contributed by atoms with Gasteiger partial charge in [0.1, 0.15) is 0 Å². The molecule has 4 nitrogen and oxygen atoms in total. The van der Waals surface area contributed by atoms with Crippen LogP contribution >= 0.6 is 0 Å². The number of aliphatic hydroxyl groups is 2. The Balaban J connectivity index is 3.55. The molecule has 0 spiro atoms. The normalized spacial score (nSPS) is 13.3. The van der Waals surface area contributed by atoms with E-state index in [0.717, 1.165) is 32.1 Å². The number of carbonyl (C=O) groups is 1. The molecule has 2 atom stereocenters. The molecule has 0 saturated heterocycles. The van der Waals surface area contributed by atoms with E-state index in [1.807, 2.05) is 0 Å². The third-order valence-electron chi connectivity index (χ3n) is 8.47. The maximum absolute atomic E-state index is 12.3. The highest BCUT2D eigenvalue weighted by atomic mass is 16.3. The van der Waals surface area contributed by atoms with Gasteiger partial charge < -0.3 is 15.5 Å². The Labute approximate surface area is 262 Å². The van der Waals surface area contributed by atoms with E-state index in [1.165, 1.54) is 135 Å². The first kappa shape index (κ1) is 40.9. The molecule has 42 heavy (non-hydrogen) atoms. The van der Waals surface area contributed by atoms with Gasteiger partial charge in [0.05, 0.1) is 18.8 Å². The monoisotopic (exact) mass is 592 g/mol. The van der Waals surface area contributed by atoms with Gasteiger partial charge in [-0.2, -0.15) is 0 Å². The van der Waals surface area contributed by atoms with E-state index in [9.17, 15) is 15.0 Å². The summed E-state index contributed by atoms with van der Waals surface area (Å²) in [6.45, 7) is 4.31. The van der Waals surface area contributed by atoms with Gasteiger partial charge in [-0.1, -0.05) is 167 Å². The second-order valence-electron chi connectivity index (χ2n) is 12.6. The Morgan fingerprint density at radius 3 is 1.48 bits per heavy atom. The van der Waals surface area contributed by atoms with E-state index >= 15 is 0 Å². The highest BCUT2D eigenvalue weighted by molar-refractivity contribution is 5.76. The van der Waals surface area contributed by atoms with Gasteiger partial charge in [0.25, 0.3) is 0 Å². The molecule has 0 aromatic heterocycles. The van der Waals surface area contributed by atoms with Gasteiger partial charge in [-0.15, -0.1) is 0 Å². The first-order chi connectivity index (χ1) is 20.7. The summed E-state index contributed by atoms with van der Waals surface area (Å²) in [4.78, 5) is 12.3. The van der Waals surface area contributed by atoms with E-state index < -0.39 is 12.1 Å². The molecule has 0 bridgehead atoms. The molecule has 0 rings (SSSR count). The van der Waals surface area contributed by atoms with Gasteiger partial charge in [-0.25, -0.2) is 0 Å². The van der Waals surface area contributed by atoms with Crippen LogP contribution in [0.3, 0.4) is 0 Å². The zero-order valence-electron chi connectivity index (χ0n) is 28.3. The average molecular weight is 592 g/mol. The molecule has 4 heteroatoms. The average Bonchev–Trinajstić information content (AvgIpc) is 2.99. The molecule has 1 amide bonds. The number of rotatable bonds is 33. The Morgan fingerprint density at radius 2 is 0.976 bits per heavy atom. The van der Waals surface area contributed by atoms with Crippen molar-refractivity contribution in [2.45, 2.75) is 206 Å². The molecule has 0 heterocycles. The van der Waals surface area contributed by atoms with Gasteiger partial charge in [0.2, 0.25) is 5.91 Å². The summed E-state index contributed by atoms with van der Waals surface area (Å²) in [7, 11) is 0. The summed E-state index contributed by atoms with van der Waals surface area (Å²) >= 11 is 0.